The van der Waals surface area contributed by atoms with Gasteiger partial charge in [0.05, 0.1) is 11.1 Å². The zero-order chi connectivity index (χ0) is 13.5. The molecule has 0 amide bonds. The molecule has 1 heterocycles. The van der Waals surface area contributed by atoms with E-state index >= 15 is 0 Å². The molecule has 1 unspecified atom stereocenters. The van der Waals surface area contributed by atoms with Crippen molar-refractivity contribution in [2.75, 3.05) is 6.54 Å². The van der Waals surface area contributed by atoms with E-state index in [1.807, 2.05) is 6.07 Å². The van der Waals surface area contributed by atoms with Crippen LogP contribution in [-0.2, 0) is 0 Å². The predicted molar refractivity (Wildman–Crippen MR) is 73.2 cm³/mol. The van der Waals surface area contributed by atoms with Gasteiger partial charge in [0.15, 0.2) is 0 Å². The molecule has 1 aliphatic heterocycles. The van der Waals surface area contributed by atoms with Gasteiger partial charge in [0.2, 0.25) is 0 Å². The Balaban J connectivity index is 2.37. The summed E-state index contributed by atoms with van der Waals surface area (Å²) in [6.45, 7) is 7.42. The minimum absolute atomic E-state index is 0.0227. The number of halogens is 2. The Morgan fingerprint density at radius 1 is 1.39 bits per heavy atom. The Bertz CT molecular complexity index is 442. The summed E-state index contributed by atoms with van der Waals surface area (Å²) in [5.41, 5.74) is 7.13. The van der Waals surface area contributed by atoms with Gasteiger partial charge in [-0.3, -0.25) is 4.90 Å². The third kappa shape index (κ3) is 2.53. The van der Waals surface area contributed by atoms with E-state index in [0.717, 1.165) is 18.5 Å². The zero-order valence-corrected chi connectivity index (χ0v) is 11.8. The molecule has 1 aromatic rings. The van der Waals surface area contributed by atoms with E-state index in [2.05, 4.69) is 25.7 Å². The van der Waals surface area contributed by atoms with Gasteiger partial charge in [0.1, 0.15) is 5.82 Å². The lowest BCUT2D eigenvalue weighted by Gasteiger charge is -2.38. The molecule has 0 saturated carbocycles. The first-order chi connectivity index (χ1) is 8.30. The average Bonchev–Trinajstić information content (AvgIpc) is 2.64. The molecular weight excluding hydrogens is 251 g/mol. The third-order valence-corrected chi connectivity index (χ3v) is 3.90. The maximum atomic E-state index is 13.6. The Labute approximate surface area is 113 Å². The van der Waals surface area contributed by atoms with Crippen molar-refractivity contribution >= 4 is 11.6 Å². The van der Waals surface area contributed by atoms with Gasteiger partial charge in [-0.05, 0) is 44.9 Å². The number of likely N-dealkylation sites (tertiary alicyclic amines) is 1. The number of nitrogens with zero attached hydrogens (tertiary/aromatic N) is 1. The van der Waals surface area contributed by atoms with Crippen LogP contribution in [0, 0.1) is 5.82 Å². The maximum absolute atomic E-state index is 13.6. The highest BCUT2D eigenvalue weighted by Crippen LogP contribution is 2.37. The quantitative estimate of drug-likeness (QED) is 0.848. The number of benzene rings is 1. The second-order valence-corrected chi connectivity index (χ2v) is 6.34. The molecule has 0 spiro atoms. The average molecular weight is 271 g/mol. The van der Waals surface area contributed by atoms with Gasteiger partial charge < -0.3 is 5.73 Å². The number of hydrogen-bond donors (Lipinski definition) is 1. The van der Waals surface area contributed by atoms with E-state index in [-0.39, 0.29) is 28.5 Å². The number of hydrogen-bond acceptors (Lipinski definition) is 2. The van der Waals surface area contributed by atoms with Crippen LogP contribution in [0.1, 0.15) is 38.8 Å². The molecule has 1 aliphatic rings. The van der Waals surface area contributed by atoms with Crippen LogP contribution in [0.5, 0.6) is 0 Å². The first-order valence-corrected chi connectivity index (χ1v) is 6.66. The van der Waals surface area contributed by atoms with Crippen LogP contribution in [0.2, 0.25) is 5.02 Å². The molecule has 1 aromatic carbocycles. The third-order valence-electron chi connectivity index (χ3n) is 3.59. The minimum Gasteiger partial charge on any atom is -0.326 e. The van der Waals surface area contributed by atoms with Crippen LogP contribution in [0.15, 0.2) is 18.2 Å². The Hall–Kier alpha value is -0.640. The lowest BCUT2D eigenvalue weighted by Crippen LogP contribution is -2.43. The predicted octanol–water partition coefficient (Wildman–Crippen LogP) is 3.35. The summed E-state index contributed by atoms with van der Waals surface area (Å²) in [5.74, 6) is -0.373. The van der Waals surface area contributed by atoms with E-state index in [0.29, 0.717) is 0 Å². The molecule has 100 valence electrons. The normalized spacial score (nSPS) is 25.7. The smallest absolute Gasteiger partial charge is 0.142 e. The zero-order valence-electron chi connectivity index (χ0n) is 11.1. The van der Waals surface area contributed by atoms with Crippen molar-refractivity contribution in [1.29, 1.82) is 0 Å². The summed E-state index contributed by atoms with van der Waals surface area (Å²) in [7, 11) is 0. The van der Waals surface area contributed by atoms with Crippen LogP contribution in [0.25, 0.3) is 0 Å². The number of nitrogens with two attached hydrogens (primary N) is 1. The lowest BCUT2D eigenvalue weighted by atomic mass is 9.97. The summed E-state index contributed by atoms with van der Waals surface area (Å²) in [4.78, 5) is 2.33. The van der Waals surface area contributed by atoms with E-state index < -0.39 is 0 Å². The molecule has 2 atom stereocenters. The van der Waals surface area contributed by atoms with Crippen LogP contribution >= 0.6 is 11.6 Å². The summed E-state index contributed by atoms with van der Waals surface area (Å²) in [6.07, 6.45) is 0.937. The van der Waals surface area contributed by atoms with Crippen molar-refractivity contribution < 1.29 is 4.39 Å². The fraction of sp³-hybridized carbons (Fsp3) is 0.571. The summed E-state index contributed by atoms with van der Waals surface area (Å²) >= 11 is 5.73. The van der Waals surface area contributed by atoms with E-state index in [1.165, 1.54) is 6.07 Å². The maximum Gasteiger partial charge on any atom is 0.142 e. The van der Waals surface area contributed by atoms with Gasteiger partial charge in [0, 0.05) is 18.1 Å². The second kappa shape index (κ2) is 4.80. The summed E-state index contributed by atoms with van der Waals surface area (Å²) < 4.78 is 13.6. The highest BCUT2D eigenvalue weighted by atomic mass is 35.5. The first-order valence-electron chi connectivity index (χ1n) is 6.28. The van der Waals surface area contributed by atoms with Gasteiger partial charge in [-0.2, -0.15) is 0 Å². The molecule has 0 bridgehead atoms. The van der Waals surface area contributed by atoms with Crippen molar-refractivity contribution in [2.24, 2.45) is 5.73 Å². The van der Waals surface area contributed by atoms with E-state index in [1.54, 1.807) is 6.07 Å². The van der Waals surface area contributed by atoms with Crippen molar-refractivity contribution in [2.45, 2.75) is 44.8 Å². The molecular formula is C14H20ClFN2. The Morgan fingerprint density at radius 3 is 2.61 bits per heavy atom. The standard InChI is InChI=1S/C14H20ClFN2/c1-14(2,3)18-7-6-12(17)13(18)9-4-5-10(15)11(16)8-9/h4-5,8,12-13H,6-7,17H2,1-3H3/t12?,13-/m1/s1. The van der Waals surface area contributed by atoms with Gasteiger partial charge >= 0.3 is 0 Å². The van der Waals surface area contributed by atoms with Gasteiger partial charge in [0.25, 0.3) is 0 Å². The highest BCUT2D eigenvalue weighted by Gasteiger charge is 2.38. The minimum atomic E-state index is -0.373. The monoisotopic (exact) mass is 270 g/mol. The molecule has 0 aliphatic carbocycles. The largest absolute Gasteiger partial charge is 0.326 e. The van der Waals surface area contributed by atoms with E-state index in [9.17, 15) is 4.39 Å². The van der Waals surface area contributed by atoms with Crippen LogP contribution in [0.3, 0.4) is 0 Å². The van der Waals surface area contributed by atoms with Gasteiger partial charge in [-0.1, -0.05) is 17.7 Å². The van der Waals surface area contributed by atoms with Gasteiger partial charge in [-0.15, -0.1) is 0 Å². The lowest BCUT2D eigenvalue weighted by molar-refractivity contribution is 0.117. The summed E-state index contributed by atoms with van der Waals surface area (Å²) in [5, 5.41) is 0.160. The molecule has 2 N–H and O–H groups in total. The first kappa shape index (κ1) is 13.8. The highest BCUT2D eigenvalue weighted by molar-refractivity contribution is 6.30. The Kier molecular flexibility index (Phi) is 3.67. The molecule has 2 nitrogen and oxygen atoms in total. The summed E-state index contributed by atoms with van der Waals surface area (Å²) in [6, 6.07) is 5.11. The topological polar surface area (TPSA) is 29.3 Å². The second-order valence-electron chi connectivity index (χ2n) is 5.94. The molecule has 2 rings (SSSR count). The van der Waals surface area contributed by atoms with Crippen molar-refractivity contribution in [3.8, 4) is 0 Å². The van der Waals surface area contributed by atoms with Gasteiger partial charge in [-0.25, -0.2) is 4.39 Å². The molecule has 0 radical (unpaired) electrons. The van der Waals surface area contributed by atoms with Crippen LogP contribution in [-0.4, -0.2) is 23.0 Å². The molecule has 1 saturated heterocycles. The SMILES string of the molecule is CC(C)(C)N1CCC(N)[C@H]1c1ccc(Cl)c(F)c1. The van der Waals surface area contributed by atoms with Crippen molar-refractivity contribution in [1.82, 2.24) is 4.90 Å². The molecule has 0 aromatic heterocycles. The molecule has 1 fully saturated rings. The number of rotatable bonds is 1. The van der Waals surface area contributed by atoms with Crippen molar-refractivity contribution in [3.05, 3.63) is 34.6 Å². The molecule has 4 heteroatoms. The fourth-order valence-electron chi connectivity index (χ4n) is 2.69. The van der Waals surface area contributed by atoms with Crippen molar-refractivity contribution in [3.63, 3.8) is 0 Å². The fourth-order valence-corrected chi connectivity index (χ4v) is 2.81. The Morgan fingerprint density at radius 2 is 2.06 bits per heavy atom. The molecule has 18 heavy (non-hydrogen) atoms. The van der Waals surface area contributed by atoms with E-state index in [4.69, 9.17) is 17.3 Å². The van der Waals surface area contributed by atoms with Crippen LogP contribution < -0.4 is 5.73 Å². The van der Waals surface area contributed by atoms with Crippen LogP contribution in [0.4, 0.5) is 4.39 Å².